The number of carboxylic acids is 1. The van der Waals surface area contributed by atoms with Gasteiger partial charge in [-0.1, -0.05) is 0 Å². The Hall–Kier alpha value is -2.87. The maximum absolute atomic E-state index is 12.4. The summed E-state index contributed by atoms with van der Waals surface area (Å²) in [5, 5.41) is 19.8. The first-order chi connectivity index (χ1) is 12.4. The van der Waals surface area contributed by atoms with Gasteiger partial charge < -0.3 is 25.3 Å². The fourth-order valence-electron chi connectivity index (χ4n) is 3.14. The van der Waals surface area contributed by atoms with E-state index in [1.165, 1.54) is 0 Å². The van der Waals surface area contributed by atoms with Crippen molar-refractivity contribution in [1.82, 2.24) is 5.32 Å². The maximum atomic E-state index is 12.4. The van der Waals surface area contributed by atoms with Crippen molar-refractivity contribution in [3.8, 4) is 0 Å². The van der Waals surface area contributed by atoms with Gasteiger partial charge in [0, 0.05) is 17.0 Å². The molecule has 0 radical (unpaired) electrons. The molecule has 5 N–H and O–H groups in total. The van der Waals surface area contributed by atoms with Gasteiger partial charge in [-0.15, -0.1) is 0 Å². The number of furan rings is 1. The van der Waals surface area contributed by atoms with E-state index >= 15 is 0 Å². The molecule has 0 atom stereocenters. The van der Waals surface area contributed by atoms with Crippen LogP contribution in [0.25, 0.3) is 11.0 Å². The van der Waals surface area contributed by atoms with Gasteiger partial charge in [-0.3, -0.25) is 10.2 Å². The summed E-state index contributed by atoms with van der Waals surface area (Å²) in [6.45, 7) is -0.289. The zero-order chi connectivity index (χ0) is 18.7. The molecule has 8 heteroatoms. The highest BCUT2D eigenvalue weighted by atomic mass is 16.5. The number of carbonyl (C=O) groups is 2. The van der Waals surface area contributed by atoms with Crippen LogP contribution in [0.2, 0.25) is 0 Å². The van der Waals surface area contributed by atoms with Crippen molar-refractivity contribution in [1.29, 1.82) is 5.41 Å². The topological polar surface area (TPSA) is 139 Å². The summed E-state index contributed by atoms with van der Waals surface area (Å²) in [4.78, 5) is 22.9. The normalized spacial score (nSPS) is 20.0. The number of nitrogens with two attached hydrogens (primary N) is 1. The number of hydrogen-bond donors (Lipinski definition) is 4. The third-order valence-electron chi connectivity index (χ3n) is 4.50. The number of amides is 1. The summed E-state index contributed by atoms with van der Waals surface area (Å²) >= 11 is 0. The summed E-state index contributed by atoms with van der Waals surface area (Å²) in [6.07, 6.45) is 2.80. The van der Waals surface area contributed by atoms with E-state index in [-0.39, 0.29) is 36.3 Å². The average molecular weight is 359 g/mol. The summed E-state index contributed by atoms with van der Waals surface area (Å²) in [5.41, 5.74) is 6.61. The van der Waals surface area contributed by atoms with Crippen LogP contribution in [0.15, 0.2) is 28.7 Å². The second kappa shape index (κ2) is 7.57. The summed E-state index contributed by atoms with van der Waals surface area (Å²) in [6, 6.07) is 6.72. The number of aliphatic carboxylic acids is 1. The molecule has 1 heterocycles. The zero-order valence-corrected chi connectivity index (χ0v) is 14.2. The third-order valence-corrected chi connectivity index (χ3v) is 4.50. The Balaban J connectivity index is 1.58. The standard InChI is InChI=1S/C18H21N3O5/c19-17(20)10-1-6-14-11(7-10)8-15(26-14)18(24)21-12-2-4-13(5-3-12)25-9-16(22)23/h1,6-8,12-13H,2-5,9H2,(H3,19,20)(H,21,24)(H,22,23). The average Bonchev–Trinajstić information content (AvgIpc) is 3.04. The zero-order valence-electron chi connectivity index (χ0n) is 14.2. The molecule has 1 fully saturated rings. The Bertz CT molecular complexity index is 836. The van der Waals surface area contributed by atoms with Crippen LogP contribution in [0.3, 0.4) is 0 Å². The third kappa shape index (κ3) is 4.20. The number of carbonyl (C=O) groups excluding carboxylic acids is 1. The fraction of sp³-hybridized carbons (Fsp3) is 0.389. The molecule has 0 aliphatic heterocycles. The molecular formula is C18H21N3O5. The molecule has 26 heavy (non-hydrogen) atoms. The highest BCUT2D eigenvalue weighted by Crippen LogP contribution is 2.23. The SMILES string of the molecule is N=C(N)c1ccc2oc(C(=O)NC3CCC(OCC(=O)O)CC3)cc2c1. The number of fused-ring (bicyclic) bond motifs is 1. The molecule has 8 nitrogen and oxygen atoms in total. The quantitative estimate of drug-likeness (QED) is 0.459. The van der Waals surface area contributed by atoms with Gasteiger partial charge in [0.05, 0.1) is 6.10 Å². The summed E-state index contributed by atoms with van der Waals surface area (Å²) in [7, 11) is 0. The lowest BCUT2D eigenvalue weighted by molar-refractivity contribution is -0.145. The number of nitrogens with one attached hydrogen (secondary N) is 2. The Kier molecular flexibility index (Phi) is 5.22. The molecule has 0 spiro atoms. The monoisotopic (exact) mass is 359 g/mol. The van der Waals surface area contributed by atoms with E-state index in [9.17, 15) is 9.59 Å². The number of hydrogen-bond acceptors (Lipinski definition) is 5. The van der Waals surface area contributed by atoms with E-state index in [1.807, 2.05) is 0 Å². The smallest absolute Gasteiger partial charge is 0.329 e. The van der Waals surface area contributed by atoms with E-state index in [4.69, 9.17) is 25.4 Å². The lowest BCUT2D eigenvalue weighted by atomic mass is 9.93. The van der Waals surface area contributed by atoms with Crippen LogP contribution in [-0.4, -0.2) is 41.6 Å². The van der Waals surface area contributed by atoms with Crippen molar-refractivity contribution < 1.29 is 23.8 Å². The molecule has 0 saturated heterocycles. The van der Waals surface area contributed by atoms with Crippen LogP contribution in [0.5, 0.6) is 0 Å². The van der Waals surface area contributed by atoms with Crippen LogP contribution >= 0.6 is 0 Å². The predicted molar refractivity (Wildman–Crippen MR) is 94.3 cm³/mol. The predicted octanol–water partition coefficient (Wildman–Crippen LogP) is 1.86. The first-order valence-electron chi connectivity index (χ1n) is 8.44. The van der Waals surface area contributed by atoms with E-state index < -0.39 is 5.97 Å². The van der Waals surface area contributed by atoms with Gasteiger partial charge in [0.15, 0.2) is 5.76 Å². The van der Waals surface area contributed by atoms with Crippen molar-refractivity contribution >= 4 is 28.7 Å². The number of carboxylic acid groups (broad SMARTS) is 1. The molecule has 3 rings (SSSR count). The fourth-order valence-corrected chi connectivity index (χ4v) is 3.14. The van der Waals surface area contributed by atoms with Gasteiger partial charge in [-0.05, 0) is 49.9 Å². The van der Waals surface area contributed by atoms with Gasteiger partial charge >= 0.3 is 5.97 Å². The second-order valence-corrected chi connectivity index (χ2v) is 6.43. The van der Waals surface area contributed by atoms with Crippen molar-refractivity contribution in [2.24, 2.45) is 5.73 Å². The molecule has 1 saturated carbocycles. The highest BCUT2D eigenvalue weighted by Gasteiger charge is 2.24. The van der Waals surface area contributed by atoms with Gasteiger partial charge in [0.2, 0.25) is 0 Å². The molecule has 2 aromatic rings. The first kappa shape index (κ1) is 17.9. The van der Waals surface area contributed by atoms with E-state index in [0.717, 1.165) is 12.8 Å². The molecule has 0 bridgehead atoms. The first-order valence-corrected chi connectivity index (χ1v) is 8.44. The van der Waals surface area contributed by atoms with Gasteiger partial charge in [0.25, 0.3) is 5.91 Å². The number of nitrogen functional groups attached to an aromatic ring is 1. The van der Waals surface area contributed by atoms with Crippen LogP contribution in [0.4, 0.5) is 0 Å². The molecule has 1 amide bonds. The number of benzene rings is 1. The van der Waals surface area contributed by atoms with Gasteiger partial charge in [0.1, 0.15) is 18.0 Å². The second-order valence-electron chi connectivity index (χ2n) is 6.43. The largest absolute Gasteiger partial charge is 0.480 e. The van der Waals surface area contributed by atoms with Crippen LogP contribution in [0, 0.1) is 5.41 Å². The van der Waals surface area contributed by atoms with Crippen LogP contribution in [0.1, 0.15) is 41.8 Å². The summed E-state index contributed by atoms with van der Waals surface area (Å²) in [5.74, 6) is -1.09. The van der Waals surface area contributed by atoms with E-state index in [2.05, 4.69) is 5.32 Å². The molecule has 0 unspecified atom stereocenters. The molecule has 1 aliphatic rings. The van der Waals surface area contributed by atoms with E-state index in [1.54, 1.807) is 24.3 Å². The Morgan fingerprint density at radius 2 is 2.00 bits per heavy atom. The van der Waals surface area contributed by atoms with Crippen molar-refractivity contribution in [3.63, 3.8) is 0 Å². The van der Waals surface area contributed by atoms with Crippen molar-refractivity contribution in [2.45, 2.75) is 37.8 Å². The minimum Gasteiger partial charge on any atom is -0.480 e. The Morgan fingerprint density at radius 3 is 2.65 bits per heavy atom. The lowest BCUT2D eigenvalue weighted by Crippen LogP contribution is -2.39. The minimum atomic E-state index is -0.974. The molecule has 1 aromatic heterocycles. The minimum absolute atomic E-state index is 0.00757. The van der Waals surface area contributed by atoms with Gasteiger partial charge in [-0.2, -0.15) is 0 Å². The Morgan fingerprint density at radius 1 is 1.27 bits per heavy atom. The molecule has 138 valence electrons. The van der Waals surface area contributed by atoms with Gasteiger partial charge in [-0.25, -0.2) is 4.79 Å². The number of ether oxygens (including phenoxy) is 1. The highest BCUT2D eigenvalue weighted by molar-refractivity contribution is 6.00. The van der Waals surface area contributed by atoms with Crippen LogP contribution in [-0.2, 0) is 9.53 Å². The maximum Gasteiger partial charge on any atom is 0.329 e. The van der Waals surface area contributed by atoms with E-state index in [0.29, 0.717) is 29.4 Å². The van der Waals surface area contributed by atoms with Crippen molar-refractivity contribution in [3.05, 3.63) is 35.6 Å². The van der Waals surface area contributed by atoms with Crippen LogP contribution < -0.4 is 11.1 Å². The van der Waals surface area contributed by atoms with Crippen molar-refractivity contribution in [2.75, 3.05) is 6.61 Å². The number of rotatable bonds is 6. The molecule has 1 aliphatic carbocycles. The Labute approximate surface area is 149 Å². The summed E-state index contributed by atoms with van der Waals surface area (Å²) < 4.78 is 10.9. The molecule has 1 aromatic carbocycles. The lowest BCUT2D eigenvalue weighted by Gasteiger charge is -2.28. The number of amidine groups is 1. The molecular weight excluding hydrogens is 338 g/mol.